The van der Waals surface area contributed by atoms with Crippen LogP contribution in [0, 0.1) is 0 Å². The molecule has 0 aromatic heterocycles. The van der Waals surface area contributed by atoms with E-state index >= 15 is 0 Å². The van der Waals surface area contributed by atoms with Crippen LogP contribution < -0.4 is 5.32 Å². The Bertz CT molecular complexity index is 993. The first-order valence-electron chi connectivity index (χ1n) is 26.7. The first-order valence-corrected chi connectivity index (χ1v) is 26.7. The van der Waals surface area contributed by atoms with Crippen LogP contribution in [0.5, 0.6) is 0 Å². The summed E-state index contributed by atoms with van der Waals surface area (Å²) in [5.41, 5.74) is 0. The number of aliphatic hydroxyl groups excluding tert-OH is 2. The van der Waals surface area contributed by atoms with Crippen molar-refractivity contribution in [2.75, 3.05) is 13.2 Å². The van der Waals surface area contributed by atoms with Crippen LogP contribution in [0.15, 0.2) is 36.5 Å². The molecule has 6 heteroatoms. The molecule has 0 aliphatic rings. The van der Waals surface area contributed by atoms with Crippen molar-refractivity contribution in [3.8, 4) is 0 Å². The van der Waals surface area contributed by atoms with E-state index in [0.717, 1.165) is 89.9 Å². The van der Waals surface area contributed by atoms with Crippen LogP contribution in [-0.4, -0.2) is 47.4 Å². The topological polar surface area (TPSA) is 95.9 Å². The fourth-order valence-corrected chi connectivity index (χ4v) is 8.02. The zero-order valence-corrected chi connectivity index (χ0v) is 40.6. The van der Waals surface area contributed by atoms with E-state index < -0.39 is 12.1 Å². The lowest BCUT2D eigenvalue weighted by Crippen LogP contribution is -2.45. The van der Waals surface area contributed by atoms with Gasteiger partial charge in [0, 0.05) is 12.8 Å². The molecule has 0 aliphatic carbocycles. The Hall–Kier alpha value is -1.92. The zero-order chi connectivity index (χ0) is 44.4. The molecule has 0 aliphatic heterocycles. The van der Waals surface area contributed by atoms with E-state index in [2.05, 4.69) is 55.6 Å². The minimum atomic E-state index is -0.681. The molecule has 0 spiro atoms. The number of unbranched alkanes of at least 4 members (excludes halogenated alkanes) is 32. The SMILES string of the molecule is CCCCCC/C=C\C/C=C\CCCCCCCC(=O)OCCCCC/C=C\CCCCCCCC(=O)NC(CO)C(O)CCCCCCCCCCCCCCCCCC. The maximum absolute atomic E-state index is 12.5. The summed E-state index contributed by atoms with van der Waals surface area (Å²) in [5, 5.41) is 23.2. The summed E-state index contributed by atoms with van der Waals surface area (Å²) in [6.45, 7) is 4.87. The third-order valence-electron chi connectivity index (χ3n) is 12.2. The second kappa shape index (κ2) is 50.7. The normalized spacial score (nSPS) is 12.9. The van der Waals surface area contributed by atoms with Gasteiger partial charge in [-0.2, -0.15) is 0 Å². The number of esters is 1. The van der Waals surface area contributed by atoms with E-state index in [4.69, 9.17) is 4.74 Å². The molecule has 0 radical (unpaired) electrons. The number of allylic oxidation sites excluding steroid dienone is 6. The molecule has 2 atom stereocenters. The molecule has 3 N–H and O–H groups in total. The van der Waals surface area contributed by atoms with Crippen molar-refractivity contribution in [2.45, 2.75) is 289 Å². The molecule has 0 aromatic rings. The third kappa shape index (κ3) is 47.4. The lowest BCUT2D eigenvalue weighted by atomic mass is 10.0. The highest BCUT2D eigenvalue weighted by atomic mass is 16.5. The number of aliphatic hydroxyl groups is 2. The van der Waals surface area contributed by atoms with Crippen LogP contribution in [0.1, 0.15) is 277 Å². The number of nitrogens with one attached hydrogen (secondary N) is 1. The highest BCUT2D eigenvalue weighted by Gasteiger charge is 2.20. The molecule has 0 saturated carbocycles. The van der Waals surface area contributed by atoms with E-state index in [9.17, 15) is 19.8 Å². The number of amides is 1. The van der Waals surface area contributed by atoms with E-state index in [-0.39, 0.29) is 18.5 Å². The number of carbonyl (C=O) groups excluding carboxylic acids is 2. The quantitative estimate of drug-likeness (QED) is 0.0322. The van der Waals surface area contributed by atoms with Gasteiger partial charge in [-0.15, -0.1) is 0 Å². The number of rotatable bonds is 49. The molecule has 0 fully saturated rings. The number of hydrogen-bond acceptors (Lipinski definition) is 5. The molecule has 0 aromatic carbocycles. The lowest BCUT2D eigenvalue weighted by Gasteiger charge is -2.22. The third-order valence-corrected chi connectivity index (χ3v) is 12.2. The smallest absolute Gasteiger partial charge is 0.305 e. The summed E-state index contributed by atoms with van der Waals surface area (Å²) in [7, 11) is 0. The van der Waals surface area contributed by atoms with Crippen molar-refractivity contribution in [3.05, 3.63) is 36.5 Å². The van der Waals surface area contributed by atoms with E-state index in [1.54, 1.807) is 0 Å². The van der Waals surface area contributed by atoms with Crippen LogP contribution >= 0.6 is 0 Å². The predicted molar refractivity (Wildman–Crippen MR) is 264 cm³/mol. The zero-order valence-electron chi connectivity index (χ0n) is 40.6. The van der Waals surface area contributed by atoms with Gasteiger partial charge in [0.25, 0.3) is 0 Å². The summed E-state index contributed by atoms with van der Waals surface area (Å²) in [4.78, 5) is 24.5. The molecule has 2 unspecified atom stereocenters. The van der Waals surface area contributed by atoms with Crippen molar-refractivity contribution in [3.63, 3.8) is 0 Å². The van der Waals surface area contributed by atoms with Gasteiger partial charge in [-0.05, 0) is 89.9 Å². The maximum Gasteiger partial charge on any atom is 0.305 e. The summed E-state index contributed by atoms with van der Waals surface area (Å²) < 4.78 is 5.44. The first kappa shape index (κ1) is 59.1. The lowest BCUT2D eigenvalue weighted by molar-refractivity contribution is -0.143. The van der Waals surface area contributed by atoms with Gasteiger partial charge in [0.15, 0.2) is 0 Å². The highest BCUT2D eigenvalue weighted by Crippen LogP contribution is 2.16. The van der Waals surface area contributed by atoms with Gasteiger partial charge < -0.3 is 20.3 Å². The van der Waals surface area contributed by atoms with Crippen LogP contribution in [0.25, 0.3) is 0 Å². The average Bonchev–Trinajstić information content (AvgIpc) is 3.26. The molecule has 0 bridgehead atoms. The second-order valence-corrected chi connectivity index (χ2v) is 18.2. The Morgan fingerprint density at radius 2 is 0.820 bits per heavy atom. The molecule has 358 valence electrons. The van der Waals surface area contributed by atoms with Crippen molar-refractivity contribution < 1.29 is 24.5 Å². The van der Waals surface area contributed by atoms with Gasteiger partial charge in [0.2, 0.25) is 5.91 Å². The van der Waals surface area contributed by atoms with Crippen LogP contribution in [0.3, 0.4) is 0 Å². The van der Waals surface area contributed by atoms with Crippen molar-refractivity contribution >= 4 is 11.9 Å². The monoisotopic (exact) mass is 858 g/mol. The first-order chi connectivity index (χ1) is 30.0. The summed E-state index contributed by atoms with van der Waals surface area (Å²) >= 11 is 0. The van der Waals surface area contributed by atoms with Crippen LogP contribution in [0.2, 0.25) is 0 Å². The van der Waals surface area contributed by atoms with Crippen molar-refractivity contribution in [1.82, 2.24) is 5.32 Å². The number of carbonyl (C=O) groups is 2. The standard InChI is InChI=1S/C55H103NO5/c1-3-5-7-9-11-13-15-17-19-21-23-27-31-35-39-43-47-53(58)52(51-57)56-54(59)48-44-40-36-32-28-25-26-30-34-38-42-46-50-61-55(60)49-45-41-37-33-29-24-22-20-18-16-14-12-10-8-6-4-2/h14,16,20,22,26,30,52-53,57-58H,3-13,15,17-19,21,23-25,27-29,31-51H2,1-2H3,(H,56,59)/b16-14-,22-20-,30-26-. The largest absolute Gasteiger partial charge is 0.466 e. The number of hydrogen-bond donors (Lipinski definition) is 3. The Kier molecular flexibility index (Phi) is 49.1. The van der Waals surface area contributed by atoms with Gasteiger partial charge in [0.05, 0.1) is 25.4 Å². The van der Waals surface area contributed by atoms with Crippen LogP contribution in [0.4, 0.5) is 0 Å². The summed E-state index contributed by atoms with van der Waals surface area (Å²) in [5.74, 6) is -0.0977. The molecule has 0 saturated heterocycles. The molecule has 0 heterocycles. The van der Waals surface area contributed by atoms with E-state index in [0.29, 0.717) is 25.9 Å². The fraction of sp³-hybridized carbons (Fsp3) is 0.855. The Morgan fingerprint density at radius 1 is 0.459 bits per heavy atom. The Morgan fingerprint density at radius 3 is 1.28 bits per heavy atom. The Balaban J connectivity index is 3.52. The van der Waals surface area contributed by atoms with Gasteiger partial charge in [0.1, 0.15) is 0 Å². The van der Waals surface area contributed by atoms with E-state index in [1.165, 1.54) is 154 Å². The second-order valence-electron chi connectivity index (χ2n) is 18.2. The minimum Gasteiger partial charge on any atom is -0.466 e. The van der Waals surface area contributed by atoms with Gasteiger partial charge in [-0.1, -0.05) is 211 Å². The molecular formula is C55H103NO5. The molecule has 1 amide bonds. The highest BCUT2D eigenvalue weighted by molar-refractivity contribution is 5.76. The van der Waals surface area contributed by atoms with Gasteiger partial charge >= 0.3 is 5.97 Å². The predicted octanol–water partition coefficient (Wildman–Crippen LogP) is 16.1. The fourth-order valence-electron chi connectivity index (χ4n) is 8.02. The minimum absolute atomic E-state index is 0.0364. The molecular weight excluding hydrogens is 755 g/mol. The average molecular weight is 858 g/mol. The number of ether oxygens (including phenoxy) is 1. The van der Waals surface area contributed by atoms with Crippen LogP contribution in [-0.2, 0) is 14.3 Å². The molecule has 61 heavy (non-hydrogen) atoms. The Labute approximate surface area is 379 Å². The maximum atomic E-state index is 12.5. The van der Waals surface area contributed by atoms with Gasteiger partial charge in [-0.25, -0.2) is 0 Å². The van der Waals surface area contributed by atoms with Gasteiger partial charge in [-0.3, -0.25) is 9.59 Å². The van der Waals surface area contributed by atoms with Crippen molar-refractivity contribution in [1.29, 1.82) is 0 Å². The summed E-state index contributed by atoms with van der Waals surface area (Å²) in [6.07, 6.45) is 61.1. The van der Waals surface area contributed by atoms with Crippen molar-refractivity contribution in [2.24, 2.45) is 0 Å². The molecule has 0 rings (SSSR count). The summed E-state index contributed by atoms with van der Waals surface area (Å²) in [6, 6.07) is -0.561. The molecule has 6 nitrogen and oxygen atoms in total. The van der Waals surface area contributed by atoms with E-state index in [1.807, 2.05) is 0 Å².